The van der Waals surface area contributed by atoms with Crippen molar-refractivity contribution < 1.29 is 24.8 Å². The third-order valence-corrected chi connectivity index (χ3v) is 2.16. The van der Waals surface area contributed by atoms with Gasteiger partial charge >= 0.3 is 0 Å². The molecule has 0 aromatic rings. The third kappa shape index (κ3) is 1.98. The van der Waals surface area contributed by atoms with Crippen LogP contribution in [0.3, 0.4) is 0 Å². The fraction of sp³-hybridized carbons (Fsp3) is 1.00. The van der Waals surface area contributed by atoms with E-state index in [1.54, 1.807) is 0 Å². The van der Waals surface area contributed by atoms with Crippen LogP contribution in [0.5, 0.6) is 0 Å². The summed E-state index contributed by atoms with van der Waals surface area (Å²) >= 11 is 0. The molecule has 78 valence electrons. The van der Waals surface area contributed by atoms with Gasteiger partial charge in [-0.2, -0.15) is 0 Å². The average Bonchev–Trinajstić information content (AvgIpc) is 2.15. The van der Waals surface area contributed by atoms with E-state index in [9.17, 15) is 10.2 Å². The van der Waals surface area contributed by atoms with Crippen LogP contribution >= 0.6 is 0 Å². The normalized spacial score (nSPS) is 46.4. The average molecular weight is 193 g/mol. The van der Waals surface area contributed by atoms with Crippen LogP contribution in [0.1, 0.15) is 0 Å². The van der Waals surface area contributed by atoms with E-state index >= 15 is 0 Å². The molecule has 1 rings (SSSR count). The lowest BCUT2D eigenvalue weighted by Gasteiger charge is -2.39. The van der Waals surface area contributed by atoms with E-state index < -0.39 is 30.6 Å². The molecule has 0 aliphatic carbocycles. The molecule has 0 aromatic heterocycles. The molecule has 0 amide bonds. The molecule has 1 aliphatic rings. The Morgan fingerprint density at radius 1 is 1.38 bits per heavy atom. The number of methoxy groups -OCH3 is 1. The molecular formula is C7H15NO5. The zero-order chi connectivity index (χ0) is 10.0. The summed E-state index contributed by atoms with van der Waals surface area (Å²) in [4.78, 5) is 0. The largest absolute Gasteiger partial charge is 0.394 e. The smallest absolute Gasteiger partial charge is 0.175 e. The molecule has 5 N–H and O–H groups in total. The van der Waals surface area contributed by atoms with Gasteiger partial charge in [0.1, 0.15) is 18.3 Å². The van der Waals surface area contributed by atoms with E-state index in [0.717, 1.165) is 0 Å². The fourth-order valence-corrected chi connectivity index (χ4v) is 1.32. The first-order chi connectivity index (χ1) is 6.11. The molecule has 0 radical (unpaired) electrons. The molecule has 1 aliphatic heterocycles. The Hall–Kier alpha value is -0.240. The van der Waals surface area contributed by atoms with Crippen molar-refractivity contribution >= 4 is 0 Å². The lowest BCUT2D eigenvalue weighted by Crippen LogP contribution is -2.62. The summed E-state index contributed by atoms with van der Waals surface area (Å²) < 4.78 is 9.90. The lowest BCUT2D eigenvalue weighted by atomic mass is 9.98. The highest BCUT2D eigenvalue weighted by molar-refractivity contribution is 4.91. The molecule has 0 saturated carbocycles. The number of rotatable bonds is 2. The number of ether oxygens (including phenoxy) is 2. The van der Waals surface area contributed by atoms with Crippen LogP contribution in [0.4, 0.5) is 0 Å². The summed E-state index contributed by atoms with van der Waals surface area (Å²) in [7, 11) is 1.38. The summed E-state index contributed by atoms with van der Waals surface area (Å²) in [5.74, 6) is 0. The van der Waals surface area contributed by atoms with Crippen LogP contribution in [0.25, 0.3) is 0 Å². The summed E-state index contributed by atoms with van der Waals surface area (Å²) in [5.41, 5.74) is 5.50. The summed E-state index contributed by atoms with van der Waals surface area (Å²) in [6.07, 6.45) is -3.96. The molecule has 6 heteroatoms. The number of nitrogens with two attached hydrogens (primary N) is 1. The number of hydrogen-bond acceptors (Lipinski definition) is 6. The van der Waals surface area contributed by atoms with Gasteiger partial charge in [-0.1, -0.05) is 0 Å². The van der Waals surface area contributed by atoms with E-state index in [0.29, 0.717) is 0 Å². The predicted molar refractivity (Wildman–Crippen MR) is 42.7 cm³/mol. The molecule has 3 unspecified atom stereocenters. The highest BCUT2D eigenvalue weighted by Crippen LogP contribution is 2.19. The molecule has 0 aromatic carbocycles. The van der Waals surface area contributed by atoms with E-state index in [2.05, 4.69) is 0 Å². The SMILES string of the molecule is CO[C@@H]1OC(CO)[C@@H](O)C(O)C1N. The van der Waals surface area contributed by atoms with Gasteiger partial charge in [0.25, 0.3) is 0 Å². The van der Waals surface area contributed by atoms with Gasteiger partial charge in [-0.3, -0.25) is 0 Å². The maximum Gasteiger partial charge on any atom is 0.175 e. The second-order valence-corrected chi connectivity index (χ2v) is 3.02. The highest BCUT2D eigenvalue weighted by atomic mass is 16.7. The minimum absolute atomic E-state index is 0.384. The molecule has 13 heavy (non-hydrogen) atoms. The second kappa shape index (κ2) is 4.32. The standard InChI is InChI=1S/C7H15NO5/c1-12-7-4(8)6(11)5(10)3(2-9)13-7/h3-7,9-11H,2,8H2,1H3/t3?,4?,5-,6?,7-/m1/s1. The van der Waals surface area contributed by atoms with Gasteiger partial charge in [0.15, 0.2) is 6.29 Å². The monoisotopic (exact) mass is 193 g/mol. The summed E-state index contributed by atoms with van der Waals surface area (Å²) in [6, 6.07) is -0.803. The zero-order valence-corrected chi connectivity index (χ0v) is 7.33. The van der Waals surface area contributed by atoms with Crippen molar-refractivity contribution in [2.45, 2.75) is 30.6 Å². The first kappa shape index (κ1) is 10.8. The van der Waals surface area contributed by atoms with Crippen LogP contribution in [-0.2, 0) is 9.47 Å². The Bertz CT molecular complexity index is 147. The Labute approximate surface area is 75.9 Å². The van der Waals surface area contributed by atoms with Gasteiger partial charge in [0.2, 0.25) is 0 Å². The number of aliphatic hydroxyl groups is 3. The van der Waals surface area contributed by atoms with Gasteiger partial charge in [-0.15, -0.1) is 0 Å². The quantitative estimate of drug-likeness (QED) is 0.383. The van der Waals surface area contributed by atoms with Crippen molar-refractivity contribution in [3.8, 4) is 0 Å². The molecule has 0 bridgehead atoms. The van der Waals surface area contributed by atoms with E-state index in [4.69, 9.17) is 20.3 Å². The second-order valence-electron chi connectivity index (χ2n) is 3.02. The maximum atomic E-state index is 9.40. The van der Waals surface area contributed by atoms with Gasteiger partial charge in [0, 0.05) is 7.11 Å². The van der Waals surface area contributed by atoms with Crippen molar-refractivity contribution in [3.63, 3.8) is 0 Å². The topological polar surface area (TPSA) is 105 Å². The number of hydrogen-bond donors (Lipinski definition) is 4. The van der Waals surface area contributed by atoms with Crippen molar-refractivity contribution in [2.24, 2.45) is 5.73 Å². The number of aliphatic hydroxyl groups excluding tert-OH is 3. The Morgan fingerprint density at radius 3 is 2.46 bits per heavy atom. The molecule has 0 spiro atoms. The predicted octanol–water partition coefficient (Wildman–Crippen LogP) is -2.60. The Morgan fingerprint density at radius 2 is 2.00 bits per heavy atom. The molecule has 6 nitrogen and oxygen atoms in total. The fourth-order valence-electron chi connectivity index (χ4n) is 1.32. The van der Waals surface area contributed by atoms with Crippen LogP contribution in [-0.4, -0.2) is 59.7 Å². The van der Waals surface area contributed by atoms with Crippen LogP contribution < -0.4 is 5.73 Å². The Kier molecular flexibility index (Phi) is 3.60. The molecule has 1 fully saturated rings. The van der Waals surface area contributed by atoms with Gasteiger partial charge in [-0.25, -0.2) is 0 Å². The molecular weight excluding hydrogens is 178 g/mol. The zero-order valence-electron chi connectivity index (χ0n) is 7.33. The van der Waals surface area contributed by atoms with Gasteiger partial charge in [-0.05, 0) is 0 Å². The van der Waals surface area contributed by atoms with Crippen LogP contribution in [0.15, 0.2) is 0 Å². The first-order valence-corrected chi connectivity index (χ1v) is 4.02. The lowest BCUT2D eigenvalue weighted by molar-refractivity contribution is -0.257. The summed E-state index contributed by atoms with van der Waals surface area (Å²) in [5, 5.41) is 27.5. The van der Waals surface area contributed by atoms with Crippen molar-refractivity contribution in [1.29, 1.82) is 0 Å². The minimum Gasteiger partial charge on any atom is -0.394 e. The Balaban J connectivity index is 2.66. The van der Waals surface area contributed by atoms with Crippen LogP contribution in [0, 0.1) is 0 Å². The van der Waals surface area contributed by atoms with E-state index in [1.807, 2.05) is 0 Å². The van der Waals surface area contributed by atoms with Crippen molar-refractivity contribution in [3.05, 3.63) is 0 Å². The molecule has 1 heterocycles. The van der Waals surface area contributed by atoms with Crippen molar-refractivity contribution in [1.82, 2.24) is 0 Å². The minimum atomic E-state index is -1.17. The summed E-state index contributed by atoms with van der Waals surface area (Å²) in [6.45, 7) is -0.384. The van der Waals surface area contributed by atoms with E-state index in [-0.39, 0.29) is 6.61 Å². The molecule has 1 saturated heterocycles. The van der Waals surface area contributed by atoms with Crippen LogP contribution in [0.2, 0.25) is 0 Å². The maximum absolute atomic E-state index is 9.40. The van der Waals surface area contributed by atoms with Crippen molar-refractivity contribution in [2.75, 3.05) is 13.7 Å². The first-order valence-electron chi connectivity index (χ1n) is 4.02. The molecule has 5 atom stereocenters. The van der Waals surface area contributed by atoms with Gasteiger partial charge in [0.05, 0.1) is 12.6 Å². The van der Waals surface area contributed by atoms with Gasteiger partial charge < -0.3 is 30.5 Å². The van der Waals surface area contributed by atoms with E-state index in [1.165, 1.54) is 7.11 Å². The highest BCUT2D eigenvalue weighted by Gasteiger charge is 2.42. The third-order valence-electron chi connectivity index (χ3n) is 2.16.